The molecule has 4 heteroatoms. The zero-order valence-electron chi connectivity index (χ0n) is 10.9. The van der Waals surface area contributed by atoms with Gasteiger partial charge in [-0.25, -0.2) is 4.98 Å². The molecular weight excluding hydrogens is 290 g/mol. The molecule has 1 aliphatic rings. The molecule has 0 aliphatic heterocycles. The zero-order chi connectivity index (χ0) is 12.7. The average Bonchev–Trinajstić information content (AvgIpc) is 2.97. The van der Waals surface area contributed by atoms with E-state index in [0.29, 0.717) is 5.92 Å². The van der Waals surface area contributed by atoms with Gasteiger partial charge in [-0.3, -0.25) is 4.40 Å². The summed E-state index contributed by atoms with van der Waals surface area (Å²) in [4.78, 5) is 6.92. The predicted molar refractivity (Wildman–Crippen MR) is 78.4 cm³/mol. The lowest BCUT2D eigenvalue weighted by atomic mass is 10.1. The molecule has 0 saturated heterocycles. The van der Waals surface area contributed by atoms with Crippen molar-refractivity contribution in [1.29, 1.82) is 0 Å². The van der Waals surface area contributed by atoms with Crippen LogP contribution in [0.2, 0.25) is 0 Å². The van der Waals surface area contributed by atoms with Gasteiger partial charge in [0.15, 0.2) is 0 Å². The lowest BCUT2D eigenvalue weighted by molar-refractivity contribution is 0.663. The summed E-state index contributed by atoms with van der Waals surface area (Å²) in [6.07, 6.45) is 5.21. The first-order valence-electron chi connectivity index (χ1n) is 6.52. The van der Waals surface area contributed by atoms with Gasteiger partial charge in [0.1, 0.15) is 16.2 Å². The van der Waals surface area contributed by atoms with Crippen LogP contribution in [-0.4, -0.2) is 23.5 Å². The van der Waals surface area contributed by atoms with Crippen molar-refractivity contribution in [3.63, 3.8) is 0 Å². The molecule has 0 radical (unpaired) electrons. The number of imidazole rings is 1. The van der Waals surface area contributed by atoms with Crippen LogP contribution in [0.25, 0.3) is 5.52 Å². The molecule has 18 heavy (non-hydrogen) atoms. The Morgan fingerprint density at radius 2 is 2.00 bits per heavy atom. The Hall–Kier alpha value is -1.03. The number of aromatic nitrogens is 2. The second-order valence-corrected chi connectivity index (χ2v) is 5.99. The average molecular weight is 308 g/mol. The van der Waals surface area contributed by atoms with Gasteiger partial charge < -0.3 is 4.90 Å². The minimum Gasteiger partial charge on any atom is -0.364 e. The number of rotatable bonds is 2. The standard InChI is InChI=1S/C14H18BrN3/c1-17(2)12-9-5-8-11-13(15)16-14(18(11)12)10-6-3-4-7-10/h5,8-10H,3-4,6-7H2,1-2H3. The topological polar surface area (TPSA) is 20.5 Å². The van der Waals surface area contributed by atoms with E-state index in [1.807, 2.05) is 0 Å². The molecule has 1 saturated carbocycles. The van der Waals surface area contributed by atoms with Crippen LogP contribution >= 0.6 is 15.9 Å². The number of halogens is 1. The van der Waals surface area contributed by atoms with Crippen molar-refractivity contribution in [2.45, 2.75) is 31.6 Å². The van der Waals surface area contributed by atoms with Crippen LogP contribution in [0.15, 0.2) is 22.8 Å². The molecule has 96 valence electrons. The lowest BCUT2D eigenvalue weighted by Crippen LogP contribution is -2.14. The largest absolute Gasteiger partial charge is 0.364 e. The Morgan fingerprint density at radius 1 is 1.28 bits per heavy atom. The molecule has 0 aromatic carbocycles. The smallest absolute Gasteiger partial charge is 0.132 e. The molecule has 2 aromatic heterocycles. The van der Waals surface area contributed by atoms with Gasteiger partial charge in [0.2, 0.25) is 0 Å². The highest BCUT2D eigenvalue weighted by Gasteiger charge is 2.24. The van der Waals surface area contributed by atoms with Crippen LogP contribution in [-0.2, 0) is 0 Å². The summed E-state index contributed by atoms with van der Waals surface area (Å²) in [7, 11) is 4.17. The van der Waals surface area contributed by atoms with E-state index < -0.39 is 0 Å². The maximum atomic E-state index is 4.77. The van der Waals surface area contributed by atoms with E-state index in [4.69, 9.17) is 4.98 Å². The van der Waals surface area contributed by atoms with Crippen molar-refractivity contribution in [3.8, 4) is 0 Å². The third-order valence-corrected chi connectivity index (χ3v) is 4.38. The maximum absolute atomic E-state index is 4.77. The van der Waals surface area contributed by atoms with Crippen LogP contribution in [0.3, 0.4) is 0 Å². The molecule has 1 aliphatic carbocycles. The van der Waals surface area contributed by atoms with Gasteiger partial charge in [-0.1, -0.05) is 18.9 Å². The fourth-order valence-corrected chi connectivity index (χ4v) is 3.41. The van der Waals surface area contributed by atoms with E-state index in [1.54, 1.807) is 0 Å². The fourth-order valence-electron chi connectivity index (χ4n) is 2.91. The van der Waals surface area contributed by atoms with Gasteiger partial charge in [-0.05, 0) is 40.9 Å². The molecule has 3 rings (SSSR count). The number of fused-ring (bicyclic) bond motifs is 1. The second kappa shape index (κ2) is 4.57. The monoisotopic (exact) mass is 307 g/mol. The van der Waals surface area contributed by atoms with Crippen molar-refractivity contribution in [1.82, 2.24) is 9.38 Å². The zero-order valence-corrected chi connectivity index (χ0v) is 12.4. The SMILES string of the molecule is CN(C)c1cccc2c(Br)nc(C3CCCC3)n12. The summed E-state index contributed by atoms with van der Waals surface area (Å²) < 4.78 is 3.27. The molecule has 0 atom stereocenters. The number of pyridine rings is 1. The van der Waals surface area contributed by atoms with Crippen LogP contribution in [0.5, 0.6) is 0 Å². The van der Waals surface area contributed by atoms with E-state index >= 15 is 0 Å². The van der Waals surface area contributed by atoms with Gasteiger partial charge in [0.05, 0.1) is 5.52 Å². The van der Waals surface area contributed by atoms with Crippen molar-refractivity contribution in [2.24, 2.45) is 0 Å². The van der Waals surface area contributed by atoms with E-state index in [9.17, 15) is 0 Å². The Kier molecular flexibility index (Phi) is 3.06. The Balaban J connectivity index is 2.24. The molecule has 0 spiro atoms. The second-order valence-electron chi connectivity index (χ2n) is 5.24. The van der Waals surface area contributed by atoms with Crippen LogP contribution in [0.4, 0.5) is 5.82 Å². The first kappa shape index (κ1) is 12.0. The molecule has 0 bridgehead atoms. The quantitative estimate of drug-likeness (QED) is 0.841. The van der Waals surface area contributed by atoms with E-state index in [0.717, 1.165) is 4.60 Å². The third kappa shape index (κ3) is 1.83. The van der Waals surface area contributed by atoms with Crippen molar-refractivity contribution in [3.05, 3.63) is 28.6 Å². The number of anilines is 1. The summed E-state index contributed by atoms with van der Waals surface area (Å²) in [5, 5.41) is 0. The van der Waals surface area contributed by atoms with Gasteiger partial charge in [0, 0.05) is 20.0 Å². The van der Waals surface area contributed by atoms with Gasteiger partial charge in [-0.15, -0.1) is 0 Å². The third-order valence-electron chi connectivity index (χ3n) is 3.80. The molecule has 1 fully saturated rings. The maximum Gasteiger partial charge on any atom is 0.132 e. The minimum atomic E-state index is 0.616. The summed E-state index contributed by atoms with van der Waals surface area (Å²) in [5.74, 6) is 3.04. The normalized spacial score (nSPS) is 16.6. The molecule has 0 N–H and O–H groups in total. The number of hydrogen-bond acceptors (Lipinski definition) is 2. The minimum absolute atomic E-state index is 0.616. The Labute approximate surface area is 116 Å². The molecule has 0 unspecified atom stereocenters. The molecule has 2 heterocycles. The molecule has 3 nitrogen and oxygen atoms in total. The van der Waals surface area contributed by atoms with Gasteiger partial charge in [-0.2, -0.15) is 0 Å². The first-order chi connectivity index (χ1) is 8.68. The van der Waals surface area contributed by atoms with Crippen LogP contribution in [0, 0.1) is 0 Å². The van der Waals surface area contributed by atoms with Gasteiger partial charge >= 0.3 is 0 Å². The highest BCUT2D eigenvalue weighted by molar-refractivity contribution is 9.10. The summed E-state index contributed by atoms with van der Waals surface area (Å²) in [6.45, 7) is 0. The summed E-state index contributed by atoms with van der Waals surface area (Å²) in [5.41, 5.74) is 1.17. The molecular formula is C14H18BrN3. The first-order valence-corrected chi connectivity index (χ1v) is 7.32. The summed E-state index contributed by atoms with van der Waals surface area (Å²) >= 11 is 3.60. The van der Waals surface area contributed by atoms with E-state index in [1.165, 1.54) is 42.8 Å². The predicted octanol–water partition coefficient (Wildman–Crippen LogP) is 3.82. The summed E-state index contributed by atoms with van der Waals surface area (Å²) in [6, 6.07) is 6.37. The highest BCUT2D eigenvalue weighted by atomic mass is 79.9. The fraction of sp³-hybridized carbons (Fsp3) is 0.500. The number of hydrogen-bond donors (Lipinski definition) is 0. The molecule has 0 amide bonds. The van der Waals surface area contributed by atoms with Crippen LogP contribution in [0.1, 0.15) is 37.4 Å². The van der Waals surface area contributed by atoms with E-state index in [2.05, 4.69) is 57.5 Å². The Morgan fingerprint density at radius 3 is 2.67 bits per heavy atom. The molecule has 2 aromatic rings. The number of nitrogens with zero attached hydrogens (tertiary/aromatic N) is 3. The van der Waals surface area contributed by atoms with Crippen LogP contribution < -0.4 is 4.90 Å². The van der Waals surface area contributed by atoms with Crippen molar-refractivity contribution >= 4 is 27.3 Å². The van der Waals surface area contributed by atoms with E-state index in [-0.39, 0.29) is 0 Å². The Bertz CT molecular complexity index is 568. The van der Waals surface area contributed by atoms with Crippen molar-refractivity contribution < 1.29 is 0 Å². The lowest BCUT2D eigenvalue weighted by Gasteiger charge is -2.18. The highest BCUT2D eigenvalue weighted by Crippen LogP contribution is 2.37. The van der Waals surface area contributed by atoms with Gasteiger partial charge in [0.25, 0.3) is 0 Å². The van der Waals surface area contributed by atoms with Crippen molar-refractivity contribution in [2.75, 3.05) is 19.0 Å².